The Balaban J connectivity index is 2.11. The molecule has 0 radical (unpaired) electrons. The van der Waals surface area contributed by atoms with Gasteiger partial charge in [-0.05, 0) is 43.7 Å². The summed E-state index contributed by atoms with van der Waals surface area (Å²) in [5.41, 5.74) is 11.6. The van der Waals surface area contributed by atoms with Crippen molar-refractivity contribution in [3.05, 3.63) is 34.8 Å². The molecule has 0 atom stereocenters. The molecule has 0 unspecified atom stereocenters. The van der Waals surface area contributed by atoms with E-state index in [-0.39, 0.29) is 0 Å². The first kappa shape index (κ1) is 12.2. The van der Waals surface area contributed by atoms with E-state index in [1.165, 1.54) is 17.7 Å². The van der Waals surface area contributed by atoms with Gasteiger partial charge in [-0.15, -0.1) is 0 Å². The van der Waals surface area contributed by atoms with Gasteiger partial charge in [0.1, 0.15) is 0 Å². The highest BCUT2D eigenvalue weighted by molar-refractivity contribution is 5.51. The second kappa shape index (κ2) is 4.68. The molecule has 0 aliphatic heterocycles. The van der Waals surface area contributed by atoms with Crippen LogP contribution in [0.5, 0.6) is 0 Å². The Bertz CT molecular complexity index is 613. The standard InChI is InChI=1S/C15H20N4/c1-3-11-15(16)13(4-2)19(18-11)14-9-8-10-6-5-7-12(10)17-14/h8-9H,3-7,16H2,1-2H3. The minimum Gasteiger partial charge on any atom is -0.396 e. The molecule has 0 spiro atoms. The molecule has 0 fully saturated rings. The van der Waals surface area contributed by atoms with Crippen LogP contribution in [0.1, 0.15) is 42.9 Å². The van der Waals surface area contributed by atoms with Crippen LogP contribution in [0.25, 0.3) is 5.82 Å². The van der Waals surface area contributed by atoms with Crippen LogP contribution in [-0.4, -0.2) is 14.8 Å². The van der Waals surface area contributed by atoms with Crippen molar-refractivity contribution >= 4 is 5.69 Å². The lowest BCUT2D eigenvalue weighted by Gasteiger charge is -2.07. The largest absolute Gasteiger partial charge is 0.396 e. The third-order valence-corrected chi connectivity index (χ3v) is 3.90. The van der Waals surface area contributed by atoms with Crippen molar-refractivity contribution in [3.63, 3.8) is 0 Å². The Morgan fingerprint density at radius 2 is 2.05 bits per heavy atom. The van der Waals surface area contributed by atoms with Gasteiger partial charge in [-0.3, -0.25) is 0 Å². The van der Waals surface area contributed by atoms with Crippen molar-refractivity contribution in [2.45, 2.75) is 46.0 Å². The number of aromatic nitrogens is 3. The van der Waals surface area contributed by atoms with Crippen LogP contribution >= 0.6 is 0 Å². The minimum absolute atomic E-state index is 0.826. The van der Waals surface area contributed by atoms with Gasteiger partial charge in [-0.1, -0.05) is 19.9 Å². The zero-order chi connectivity index (χ0) is 13.4. The van der Waals surface area contributed by atoms with E-state index in [0.717, 1.165) is 48.6 Å². The van der Waals surface area contributed by atoms with Crippen LogP contribution in [0.3, 0.4) is 0 Å². The summed E-state index contributed by atoms with van der Waals surface area (Å²) in [5, 5.41) is 4.62. The van der Waals surface area contributed by atoms with Gasteiger partial charge in [-0.25, -0.2) is 9.67 Å². The molecule has 0 amide bonds. The van der Waals surface area contributed by atoms with E-state index in [1.807, 2.05) is 4.68 Å². The highest BCUT2D eigenvalue weighted by Gasteiger charge is 2.17. The molecule has 2 aromatic heterocycles. The van der Waals surface area contributed by atoms with Crippen LogP contribution in [0.15, 0.2) is 12.1 Å². The van der Waals surface area contributed by atoms with Crippen molar-refractivity contribution in [1.29, 1.82) is 0 Å². The molecule has 2 N–H and O–H groups in total. The summed E-state index contributed by atoms with van der Waals surface area (Å²) in [7, 11) is 0. The molecular formula is C15H20N4. The normalized spacial score (nSPS) is 13.8. The molecule has 0 bridgehead atoms. The molecule has 4 heteroatoms. The molecule has 0 saturated carbocycles. The Hall–Kier alpha value is -1.84. The van der Waals surface area contributed by atoms with Crippen LogP contribution < -0.4 is 5.73 Å². The number of nitrogens with zero attached hydrogens (tertiary/aromatic N) is 3. The predicted octanol–water partition coefficient (Wildman–Crippen LogP) is 2.46. The van der Waals surface area contributed by atoms with E-state index < -0.39 is 0 Å². The summed E-state index contributed by atoms with van der Waals surface area (Å²) in [5.74, 6) is 0.906. The van der Waals surface area contributed by atoms with E-state index >= 15 is 0 Å². The number of nitrogen functional groups attached to an aromatic ring is 1. The molecular weight excluding hydrogens is 236 g/mol. The summed E-state index contributed by atoms with van der Waals surface area (Å²) >= 11 is 0. The fraction of sp³-hybridized carbons (Fsp3) is 0.467. The average Bonchev–Trinajstić information content (AvgIpc) is 3.01. The molecule has 0 aromatic carbocycles. The first-order chi connectivity index (χ1) is 9.24. The van der Waals surface area contributed by atoms with Gasteiger partial charge >= 0.3 is 0 Å². The number of anilines is 1. The van der Waals surface area contributed by atoms with Gasteiger partial charge in [0.05, 0.1) is 17.1 Å². The van der Waals surface area contributed by atoms with E-state index in [4.69, 9.17) is 10.7 Å². The average molecular weight is 256 g/mol. The Labute approximate surface area is 113 Å². The van der Waals surface area contributed by atoms with Crippen LogP contribution in [0.2, 0.25) is 0 Å². The highest BCUT2D eigenvalue weighted by Crippen LogP contribution is 2.25. The maximum absolute atomic E-state index is 6.16. The third kappa shape index (κ3) is 1.91. The molecule has 2 aromatic rings. The Morgan fingerprint density at radius 1 is 1.21 bits per heavy atom. The number of hydrogen-bond donors (Lipinski definition) is 1. The van der Waals surface area contributed by atoms with E-state index in [9.17, 15) is 0 Å². The minimum atomic E-state index is 0.826. The zero-order valence-electron chi connectivity index (χ0n) is 11.6. The third-order valence-electron chi connectivity index (χ3n) is 3.90. The van der Waals surface area contributed by atoms with Gasteiger partial charge in [0.15, 0.2) is 5.82 Å². The number of aryl methyl sites for hydroxylation is 3. The van der Waals surface area contributed by atoms with Crippen molar-refractivity contribution in [2.75, 3.05) is 5.73 Å². The zero-order valence-corrected chi connectivity index (χ0v) is 11.6. The molecule has 4 nitrogen and oxygen atoms in total. The predicted molar refractivity (Wildman–Crippen MR) is 76.6 cm³/mol. The summed E-state index contributed by atoms with van der Waals surface area (Å²) in [6, 6.07) is 4.25. The van der Waals surface area contributed by atoms with Gasteiger partial charge in [0.2, 0.25) is 0 Å². The van der Waals surface area contributed by atoms with E-state index in [1.54, 1.807) is 0 Å². The van der Waals surface area contributed by atoms with Crippen LogP contribution in [-0.2, 0) is 25.7 Å². The SMILES string of the molecule is CCc1nn(-c2ccc3c(n2)CCC3)c(CC)c1N. The molecule has 2 heterocycles. The maximum atomic E-state index is 6.16. The topological polar surface area (TPSA) is 56.7 Å². The summed E-state index contributed by atoms with van der Waals surface area (Å²) in [4.78, 5) is 4.77. The Kier molecular flexibility index (Phi) is 3.01. The van der Waals surface area contributed by atoms with Crippen LogP contribution in [0.4, 0.5) is 5.69 Å². The fourth-order valence-corrected chi connectivity index (χ4v) is 2.83. The first-order valence-electron chi connectivity index (χ1n) is 7.10. The lowest BCUT2D eigenvalue weighted by Crippen LogP contribution is -2.06. The summed E-state index contributed by atoms with van der Waals surface area (Å²) in [6.07, 6.45) is 5.19. The molecule has 1 aliphatic carbocycles. The number of hydrogen-bond acceptors (Lipinski definition) is 3. The first-order valence-corrected chi connectivity index (χ1v) is 7.10. The lowest BCUT2D eigenvalue weighted by atomic mass is 10.2. The summed E-state index contributed by atoms with van der Waals surface area (Å²) in [6.45, 7) is 4.19. The smallest absolute Gasteiger partial charge is 0.154 e. The second-order valence-corrected chi connectivity index (χ2v) is 5.05. The van der Waals surface area contributed by atoms with Gasteiger partial charge in [0, 0.05) is 5.69 Å². The molecule has 3 rings (SSSR count). The van der Waals surface area contributed by atoms with Crippen molar-refractivity contribution in [3.8, 4) is 5.82 Å². The van der Waals surface area contributed by atoms with E-state index in [0.29, 0.717) is 0 Å². The molecule has 1 aliphatic rings. The van der Waals surface area contributed by atoms with Gasteiger partial charge in [-0.2, -0.15) is 5.10 Å². The van der Waals surface area contributed by atoms with E-state index in [2.05, 4.69) is 31.1 Å². The Morgan fingerprint density at radius 3 is 2.79 bits per heavy atom. The van der Waals surface area contributed by atoms with Crippen molar-refractivity contribution in [1.82, 2.24) is 14.8 Å². The number of fused-ring (bicyclic) bond motifs is 1. The summed E-state index contributed by atoms with van der Waals surface area (Å²) < 4.78 is 1.92. The number of pyridine rings is 1. The molecule has 0 saturated heterocycles. The monoisotopic (exact) mass is 256 g/mol. The van der Waals surface area contributed by atoms with Crippen molar-refractivity contribution in [2.24, 2.45) is 0 Å². The second-order valence-electron chi connectivity index (χ2n) is 5.05. The number of nitrogens with two attached hydrogens (primary N) is 1. The van der Waals surface area contributed by atoms with Crippen LogP contribution in [0, 0.1) is 0 Å². The lowest BCUT2D eigenvalue weighted by molar-refractivity contribution is 0.766. The molecule has 100 valence electrons. The van der Waals surface area contributed by atoms with Gasteiger partial charge < -0.3 is 5.73 Å². The van der Waals surface area contributed by atoms with Crippen molar-refractivity contribution < 1.29 is 0 Å². The van der Waals surface area contributed by atoms with Gasteiger partial charge in [0.25, 0.3) is 0 Å². The highest BCUT2D eigenvalue weighted by atomic mass is 15.3. The maximum Gasteiger partial charge on any atom is 0.154 e. The fourth-order valence-electron chi connectivity index (χ4n) is 2.83. The molecule has 19 heavy (non-hydrogen) atoms. The quantitative estimate of drug-likeness (QED) is 0.917. The number of rotatable bonds is 3.